The average molecular weight is 76.1 g/mol. The van der Waals surface area contributed by atoms with Crippen LogP contribution in [-0.4, -0.2) is 4.98 Å². The lowest BCUT2D eigenvalue weighted by Gasteiger charge is -1.49. The van der Waals surface area contributed by atoms with Crippen LogP contribution in [0.5, 0.6) is 0 Å². The first kappa shape index (κ1) is 2.35. The Hall–Kier alpha value is -0.850. The Kier molecular flexibility index (Phi) is 0.192. The fourth-order valence-corrected chi connectivity index (χ4v) is 0.494. The van der Waals surface area contributed by atoms with Gasteiger partial charge in [0, 0.05) is 17.8 Å². The Labute approximate surface area is 35.6 Å². The first-order valence-electron chi connectivity index (χ1n) is 1.85. The summed E-state index contributed by atoms with van der Waals surface area (Å²) >= 11 is 0. The van der Waals surface area contributed by atoms with E-state index >= 15 is 0 Å². The SMILES string of the molecule is [c]1cnc2cc1-2. The predicted octanol–water partition coefficient (Wildman–Crippen LogP) is 0.862. The molecule has 0 aromatic carbocycles. The molecule has 1 radical (unpaired) electrons. The third kappa shape index (κ3) is 0.117. The van der Waals surface area contributed by atoms with Crippen molar-refractivity contribution in [2.75, 3.05) is 0 Å². The summed E-state index contributed by atoms with van der Waals surface area (Å²) in [7, 11) is 0. The Morgan fingerprint density at radius 3 is 2.83 bits per heavy atom. The van der Waals surface area contributed by atoms with Gasteiger partial charge in [-0.3, -0.25) is 4.98 Å². The van der Waals surface area contributed by atoms with Crippen LogP contribution in [0, 0.1) is 6.07 Å². The first-order valence-corrected chi connectivity index (χ1v) is 1.85. The minimum atomic E-state index is 1.12. The summed E-state index contributed by atoms with van der Waals surface area (Å²) < 4.78 is 0. The van der Waals surface area contributed by atoms with Crippen molar-refractivity contribution in [1.82, 2.24) is 4.98 Å². The molecule has 0 atom stereocenters. The first-order chi connectivity index (χ1) is 2.97. The van der Waals surface area contributed by atoms with E-state index in [0.29, 0.717) is 0 Å². The molecule has 0 amide bonds. The molecule has 1 heterocycles. The van der Waals surface area contributed by atoms with Crippen LogP contribution in [0.25, 0.3) is 11.3 Å². The van der Waals surface area contributed by atoms with E-state index in [-0.39, 0.29) is 0 Å². The standard InChI is InChI=1S/C5H2N/c1-2-6-5-3-4(1)5/h2-3H. The summed E-state index contributed by atoms with van der Waals surface area (Å²) in [6.45, 7) is 0. The highest BCUT2D eigenvalue weighted by molar-refractivity contribution is 5.74. The highest BCUT2D eigenvalue weighted by Gasteiger charge is 2.10. The van der Waals surface area contributed by atoms with Crippen molar-refractivity contribution in [2.24, 2.45) is 0 Å². The van der Waals surface area contributed by atoms with Gasteiger partial charge in [-0.2, -0.15) is 0 Å². The third-order valence-corrected chi connectivity index (χ3v) is 0.897. The van der Waals surface area contributed by atoms with Crippen molar-refractivity contribution in [3.8, 4) is 11.3 Å². The van der Waals surface area contributed by atoms with Crippen LogP contribution in [0.3, 0.4) is 0 Å². The number of nitrogens with zero attached hydrogens (tertiary/aromatic N) is 1. The molecule has 1 aliphatic heterocycles. The van der Waals surface area contributed by atoms with Gasteiger partial charge in [-0.15, -0.1) is 0 Å². The molecule has 27 valence electrons. The van der Waals surface area contributed by atoms with Gasteiger partial charge in [0.15, 0.2) is 0 Å². The normalized spacial score (nSPS) is 11.3. The van der Waals surface area contributed by atoms with E-state index in [1.807, 2.05) is 6.07 Å². The molecule has 1 nitrogen and oxygen atoms in total. The van der Waals surface area contributed by atoms with Gasteiger partial charge in [0.05, 0.1) is 5.69 Å². The summed E-state index contributed by atoms with van der Waals surface area (Å²) in [5, 5.41) is 0. The summed E-state index contributed by atoms with van der Waals surface area (Å²) in [6, 6.07) is 4.93. The Balaban J connectivity index is 2.91. The maximum atomic E-state index is 3.90. The van der Waals surface area contributed by atoms with Crippen LogP contribution in [0.15, 0.2) is 12.3 Å². The molecule has 6 heavy (non-hydrogen) atoms. The van der Waals surface area contributed by atoms with Gasteiger partial charge < -0.3 is 0 Å². The van der Waals surface area contributed by atoms with Crippen molar-refractivity contribution < 1.29 is 0 Å². The molecule has 1 aliphatic carbocycles. The molecule has 0 N–H and O–H groups in total. The molecule has 0 bridgehead atoms. The summed E-state index contributed by atoms with van der Waals surface area (Å²) in [5.74, 6) is 0. The Morgan fingerprint density at radius 1 is 1.67 bits per heavy atom. The zero-order valence-corrected chi connectivity index (χ0v) is 3.10. The molecule has 0 unspecified atom stereocenters. The maximum absolute atomic E-state index is 3.90. The van der Waals surface area contributed by atoms with E-state index in [1.165, 1.54) is 5.56 Å². The highest BCUT2D eigenvalue weighted by atomic mass is 14.7. The maximum Gasteiger partial charge on any atom is 0.0716 e. The number of pyridine rings is 1. The molecule has 0 aromatic rings. The zero-order chi connectivity index (χ0) is 3.98. The number of fused-ring (bicyclic) bond motifs is 1. The number of hydrogen-bond donors (Lipinski definition) is 0. The van der Waals surface area contributed by atoms with Crippen LogP contribution >= 0.6 is 0 Å². The Bertz CT molecular complexity index is 164. The molecule has 0 saturated heterocycles. The fourth-order valence-electron chi connectivity index (χ4n) is 0.494. The van der Waals surface area contributed by atoms with Gasteiger partial charge in [0.25, 0.3) is 0 Å². The van der Waals surface area contributed by atoms with E-state index in [0.717, 1.165) is 5.69 Å². The Morgan fingerprint density at radius 2 is 2.67 bits per heavy atom. The smallest absolute Gasteiger partial charge is 0.0716 e. The van der Waals surface area contributed by atoms with Gasteiger partial charge in [-0.05, 0) is 6.07 Å². The minimum Gasteiger partial charge on any atom is -0.256 e. The molecule has 1 heteroatoms. The third-order valence-electron chi connectivity index (χ3n) is 0.897. The lowest BCUT2D eigenvalue weighted by molar-refractivity contribution is 1.45. The van der Waals surface area contributed by atoms with E-state index < -0.39 is 0 Å². The number of rotatable bonds is 0. The van der Waals surface area contributed by atoms with E-state index in [4.69, 9.17) is 0 Å². The molecule has 0 saturated carbocycles. The van der Waals surface area contributed by atoms with Gasteiger partial charge in [0.2, 0.25) is 0 Å². The second kappa shape index (κ2) is 0.492. The molecule has 0 fully saturated rings. The van der Waals surface area contributed by atoms with Crippen molar-refractivity contribution in [1.29, 1.82) is 0 Å². The van der Waals surface area contributed by atoms with Crippen molar-refractivity contribution in [3.05, 3.63) is 18.3 Å². The van der Waals surface area contributed by atoms with Gasteiger partial charge in [0.1, 0.15) is 0 Å². The summed E-state index contributed by atoms with van der Waals surface area (Å²) in [5.41, 5.74) is 2.31. The summed E-state index contributed by atoms with van der Waals surface area (Å²) in [6.07, 6.45) is 1.70. The predicted molar refractivity (Wildman–Crippen MR) is 22.1 cm³/mol. The molecular formula is C5H2N. The second-order valence-corrected chi connectivity index (χ2v) is 1.35. The van der Waals surface area contributed by atoms with Gasteiger partial charge >= 0.3 is 0 Å². The van der Waals surface area contributed by atoms with Crippen LogP contribution in [-0.2, 0) is 0 Å². The molecule has 0 aromatic heterocycles. The fraction of sp³-hybridized carbons (Fsp3) is 0. The van der Waals surface area contributed by atoms with Crippen molar-refractivity contribution in [2.45, 2.75) is 0 Å². The monoisotopic (exact) mass is 76.0 g/mol. The number of aromatic nitrogens is 1. The molecule has 2 rings (SSSR count). The van der Waals surface area contributed by atoms with Crippen LogP contribution in [0.2, 0.25) is 0 Å². The van der Waals surface area contributed by atoms with E-state index in [9.17, 15) is 0 Å². The minimum absolute atomic E-state index is 1.12. The zero-order valence-electron chi connectivity index (χ0n) is 3.10. The van der Waals surface area contributed by atoms with Crippen molar-refractivity contribution >= 4 is 0 Å². The van der Waals surface area contributed by atoms with E-state index in [1.54, 1.807) is 6.20 Å². The molecular weight excluding hydrogens is 74.1 g/mol. The van der Waals surface area contributed by atoms with Crippen LogP contribution < -0.4 is 0 Å². The second-order valence-electron chi connectivity index (χ2n) is 1.35. The average Bonchev–Trinajstić information content (AvgIpc) is 2.17. The summed E-state index contributed by atoms with van der Waals surface area (Å²) in [4.78, 5) is 3.90. The quantitative estimate of drug-likeness (QED) is 0.453. The van der Waals surface area contributed by atoms with Crippen LogP contribution in [0.1, 0.15) is 0 Å². The van der Waals surface area contributed by atoms with E-state index in [2.05, 4.69) is 11.1 Å². The molecule has 0 spiro atoms. The topological polar surface area (TPSA) is 12.9 Å². The highest BCUT2D eigenvalue weighted by Crippen LogP contribution is 2.28. The van der Waals surface area contributed by atoms with Crippen LogP contribution in [0.4, 0.5) is 0 Å². The van der Waals surface area contributed by atoms with Gasteiger partial charge in [-0.25, -0.2) is 0 Å². The van der Waals surface area contributed by atoms with Crippen molar-refractivity contribution in [3.63, 3.8) is 0 Å². The number of hydrogen-bond acceptors (Lipinski definition) is 1. The van der Waals surface area contributed by atoms with Gasteiger partial charge in [-0.1, -0.05) is 0 Å². The largest absolute Gasteiger partial charge is 0.256 e. The lowest BCUT2D eigenvalue weighted by atomic mass is 10.6. The molecule has 2 aliphatic rings. The lowest BCUT2D eigenvalue weighted by Crippen LogP contribution is -1.43.